The van der Waals surface area contributed by atoms with Crippen molar-refractivity contribution in [2.75, 3.05) is 13.1 Å². The largest absolute Gasteiger partial charge is 0.460 e. The van der Waals surface area contributed by atoms with Gasteiger partial charge in [0.2, 0.25) is 10.0 Å². The molecule has 0 amide bonds. The maximum Gasteiger partial charge on any atom is 0.309 e. The molecule has 3 heterocycles. The van der Waals surface area contributed by atoms with Crippen LogP contribution in [-0.2, 0) is 26.2 Å². The maximum atomic E-state index is 13.0. The molecule has 32 heavy (non-hydrogen) atoms. The number of halogens is 2. The Labute approximate surface area is 195 Å². The topological polar surface area (TPSA) is 91.9 Å². The zero-order valence-corrected chi connectivity index (χ0v) is 19.2. The van der Waals surface area contributed by atoms with Crippen LogP contribution in [0.2, 0.25) is 10.0 Å². The predicted molar refractivity (Wildman–Crippen MR) is 120 cm³/mol. The van der Waals surface area contributed by atoms with E-state index in [2.05, 4.69) is 6.07 Å². The minimum absolute atomic E-state index is 0.0167. The lowest BCUT2D eigenvalue weighted by atomic mass is 9.98. The first kappa shape index (κ1) is 22.6. The lowest BCUT2D eigenvalue weighted by Gasteiger charge is -2.30. The van der Waals surface area contributed by atoms with Crippen molar-refractivity contribution < 1.29 is 17.9 Å². The number of fused-ring (bicyclic) bond motifs is 1. The maximum absolute atomic E-state index is 13.0. The molecule has 0 radical (unpaired) electrons. The lowest BCUT2D eigenvalue weighted by molar-refractivity contribution is -0.151. The number of piperidine rings is 1. The Kier molecular flexibility index (Phi) is 6.45. The number of nitrogens with zero attached hydrogens (tertiary/aromatic N) is 3. The van der Waals surface area contributed by atoms with E-state index >= 15 is 0 Å². The second-order valence-corrected chi connectivity index (χ2v) is 10.2. The average Bonchev–Trinajstić information content (AvgIpc) is 3.14. The number of esters is 1. The highest BCUT2D eigenvalue weighted by molar-refractivity contribution is 7.89. The zero-order valence-electron chi connectivity index (χ0n) is 16.9. The Morgan fingerprint density at radius 1 is 1.12 bits per heavy atom. The molecular weight excluding hydrogens is 473 g/mol. The van der Waals surface area contributed by atoms with Crippen molar-refractivity contribution in [2.45, 2.75) is 24.3 Å². The number of pyridine rings is 1. The van der Waals surface area contributed by atoms with Crippen LogP contribution in [-0.4, -0.2) is 36.2 Å². The summed E-state index contributed by atoms with van der Waals surface area (Å²) in [5, 5.41) is 9.60. The molecule has 0 atom stereocenters. The van der Waals surface area contributed by atoms with Crippen LogP contribution in [0, 0.1) is 17.2 Å². The quantitative estimate of drug-likeness (QED) is 0.497. The summed E-state index contributed by atoms with van der Waals surface area (Å²) in [7, 11) is -3.87. The highest BCUT2D eigenvalue weighted by Crippen LogP contribution is 2.33. The molecule has 1 aromatic carbocycles. The van der Waals surface area contributed by atoms with Crippen molar-refractivity contribution >= 4 is 44.7 Å². The van der Waals surface area contributed by atoms with E-state index in [4.69, 9.17) is 27.9 Å². The van der Waals surface area contributed by atoms with Gasteiger partial charge in [-0.15, -0.1) is 0 Å². The monoisotopic (exact) mass is 491 g/mol. The van der Waals surface area contributed by atoms with Gasteiger partial charge in [0.15, 0.2) is 0 Å². The Morgan fingerprint density at radius 3 is 2.47 bits per heavy atom. The van der Waals surface area contributed by atoms with Crippen LogP contribution < -0.4 is 0 Å². The normalized spacial score (nSPS) is 15.5. The van der Waals surface area contributed by atoms with Crippen LogP contribution in [0.25, 0.3) is 5.52 Å². The number of sulfonamides is 1. The molecule has 1 saturated heterocycles. The van der Waals surface area contributed by atoms with Gasteiger partial charge in [0.1, 0.15) is 17.6 Å². The molecule has 7 nitrogen and oxygen atoms in total. The summed E-state index contributed by atoms with van der Waals surface area (Å²) < 4.78 is 34.5. The number of nitriles is 1. The van der Waals surface area contributed by atoms with Crippen LogP contribution >= 0.6 is 23.2 Å². The van der Waals surface area contributed by atoms with E-state index in [-0.39, 0.29) is 34.6 Å². The number of hydrogen-bond donors (Lipinski definition) is 0. The molecule has 0 unspecified atom stereocenters. The van der Waals surface area contributed by atoms with E-state index in [1.54, 1.807) is 12.3 Å². The van der Waals surface area contributed by atoms with Gasteiger partial charge in [-0.05, 0) is 37.1 Å². The average molecular weight is 492 g/mol. The van der Waals surface area contributed by atoms with Crippen molar-refractivity contribution in [3.63, 3.8) is 0 Å². The molecule has 1 aliphatic heterocycles. The number of hydrogen-bond acceptors (Lipinski definition) is 5. The number of benzene rings is 1. The number of carbonyl (C=O) groups is 1. The fraction of sp³-hybridized carbons (Fsp3) is 0.273. The van der Waals surface area contributed by atoms with E-state index < -0.39 is 21.9 Å². The molecule has 0 spiro atoms. The standard InChI is InChI=1S/C22H19Cl2N3O4S/c23-18-4-3-5-19(24)21(18)32(29,30)27-10-7-15(8-11-27)22(28)31-14-16-13-26-9-2-1-6-20(26)17(16)12-25/h1-6,9,13,15H,7-8,10-11,14H2. The highest BCUT2D eigenvalue weighted by Gasteiger charge is 2.35. The number of rotatable bonds is 5. The van der Waals surface area contributed by atoms with Gasteiger partial charge in [-0.1, -0.05) is 35.3 Å². The summed E-state index contributed by atoms with van der Waals surface area (Å²) in [6, 6.07) is 12.2. The zero-order chi connectivity index (χ0) is 22.9. The Morgan fingerprint density at radius 2 is 1.81 bits per heavy atom. The summed E-state index contributed by atoms with van der Waals surface area (Å²) in [4.78, 5) is 12.5. The van der Waals surface area contributed by atoms with Gasteiger partial charge in [-0.25, -0.2) is 8.42 Å². The first-order chi connectivity index (χ1) is 15.3. The Balaban J connectivity index is 1.40. The molecule has 0 aliphatic carbocycles. The molecule has 0 N–H and O–H groups in total. The molecule has 3 aromatic rings. The summed E-state index contributed by atoms with van der Waals surface area (Å²) in [5.74, 6) is -0.831. The van der Waals surface area contributed by atoms with Crippen molar-refractivity contribution in [1.82, 2.24) is 8.71 Å². The summed E-state index contributed by atoms with van der Waals surface area (Å²) in [5.41, 5.74) is 1.84. The molecular formula is C22H19Cl2N3O4S. The first-order valence-corrected chi connectivity index (χ1v) is 12.1. The molecule has 10 heteroatoms. The van der Waals surface area contributed by atoms with Gasteiger partial charge < -0.3 is 9.14 Å². The third kappa shape index (κ3) is 4.21. The van der Waals surface area contributed by atoms with Crippen LogP contribution in [0.5, 0.6) is 0 Å². The summed E-state index contributed by atoms with van der Waals surface area (Å²) >= 11 is 12.2. The fourth-order valence-electron chi connectivity index (χ4n) is 3.87. The number of carbonyl (C=O) groups excluding carboxylic acids is 1. The molecule has 4 rings (SSSR count). The molecule has 2 aromatic heterocycles. The third-order valence-corrected chi connectivity index (χ3v) is 8.40. The number of ether oxygens (including phenoxy) is 1. The van der Waals surface area contributed by atoms with Crippen molar-refractivity contribution in [3.8, 4) is 6.07 Å². The van der Waals surface area contributed by atoms with Crippen LogP contribution in [0.15, 0.2) is 53.7 Å². The van der Waals surface area contributed by atoms with Gasteiger partial charge in [0, 0.05) is 31.0 Å². The van der Waals surface area contributed by atoms with Crippen LogP contribution in [0.3, 0.4) is 0 Å². The predicted octanol–water partition coefficient (Wildman–Crippen LogP) is 4.26. The molecule has 0 saturated carbocycles. The van der Waals surface area contributed by atoms with Crippen LogP contribution in [0.1, 0.15) is 24.0 Å². The molecule has 0 bridgehead atoms. The van der Waals surface area contributed by atoms with Crippen LogP contribution in [0.4, 0.5) is 0 Å². The highest BCUT2D eigenvalue weighted by atomic mass is 35.5. The molecule has 1 fully saturated rings. The minimum atomic E-state index is -3.87. The fourth-order valence-corrected chi connectivity index (χ4v) is 6.43. The summed E-state index contributed by atoms with van der Waals surface area (Å²) in [6.45, 7) is 0.295. The smallest absolute Gasteiger partial charge is 0.309 e. The van der Waals surface area contributed by atoms with Crippen molar-refractivity contribution in [1.29, 1.82) is 5.26 Å². The first-order valence-electron chi connectivity index (χ1n) is 9.92. The van der Waals surface area contributed by atoms with E-state index in [1.165, 1.54) is 16.4 Å². The van der Waals surface area contributed by atoms with E-state index in [0.29, 0.717) is 24.0 Å². The molecule has 166 valence electrons. The van der Waals surface area contributed by atoms with Gasteiger partial charge in [-0.3, -0.25) is 4.79 Å². The van der Waals surface area contributed by atoms with Gasteiger partial charge in [-0.2, -0.15) is 9.57 Å². The van der Waals surface area contributed by atoms with Gasteiger partial charge in [0.05, 0.1) is 27.0 Å². The Hall–Kier alpha value is -2.57. The lowest BCUT2D eigenvalue weighted by Crippen LogP contribution is -2.40. The van der Waals surface area contributed by atoms with E-state index in [0.717, 1.165) is 5.52 Å². The summed E-state index contributed by atoms with van der Waals surface area (Å²) in [6.07, 6.45) is 4.23. The second-order valence-electron chi connectivity index (χ2n) is 7.47. The molecule has 1 aliphatic rings. The minimum Gasteiger partial charge on any atom is -0.460 e. The van der Waals surface area contributed by atoms with Gasteiger partial charge >= 0.3 is 5.97 Å². The van der Waals surface area contributed by atoms with Gasteiger partial charge in [0.25, 0.3) is 0 Å². The second kappa shape index (κ2) is 9.12. The third-order valence-electron chi connectivity index (χ3n) is 5.55. The van der Waals surface area contributed by atoms with Crippen molar-refractivity contribution in [2.24, 2.45) is 5.92 Å². The van der Waals surface area contributed by atoms with E-state index in [9.17, 15) is 18.5 Å². The number of aromatic nitrogens is 1. The Bertz CT molecular complexity index is 1300. The van der Waals surface area contributed by atoms with Crippen molar-refractivity contribution in [3.05, 3.63) is 70.0 Å². The van der Waals surface area contributed by atoms with E-state index in [1.807, 2.05) is 28.8 Å². The SMILES string of the molecule is N#Cc1c(COC(=O)C2CCN(S(=O)(=O)c3c(Cl)cccc3Cl)CC2)cn2ccccc12.